The van der Waals surface area contributed by atoms with Gasteiger partial charge in [-0.05, 0) is 32.3 Å². The number of halogens is 1. The number of fused-ring (bicyclic) bond motifs is 1. The van der Waals surface area contributed by atoms with Gasteiger partial charge in [0.1, 0.15) is 16.6 Å². The molecule has 11 heteroatoms. The van der Waals surface area contributed by atoms with Gasteiger partial charge in [-0.25, -0.2) is 13.9 Å². The smallest absolute Gasteiger partial charge is 0.228 e. The molecule has 0 bridgehead atoms. The van der Waals surface area contributed by atoms with E-state index in [1.54, 1.807) is 4.52 Å². The maximum Gasteiger partial charge on any atom is 0.228 e. The van der Waals surface area contributed by atoms with Crippen molar-refractivity contribution in [3.63, 3.8) is 0 Å². The maximum atomic E-state index is 15.5. The van der Waals surface area contributed by atoms with E-state index in [0.717, 1.165) is 73.5 Å². The van der Waals surface area contributed by atoms with Crippen LogP contribution in [-0.4, -0.2) is 71.8 Å². The van der Waals surface area contributed by atoms with Crippen molar-refractivity contribution in [2.75, 3.05) is 56.2 Å². The number of hydrogen-bond donors (Lipinski definition) is 0. The Bertz CT molecular complexity index is 1780. The van der Waals surface area contributed by atoms with Crippen molar-refractivity contribution in [3.8, 4) is 17.3 Å². The Labute approximate surface area is 253 Å². The number of nitriles is 1. The number of aromatic nitrogens is 3. The quantitative estimate of drug-likeness (QED) is 0.305. The van der Waals surface area contributed by atoms with Crippen molar-refractivity contribution in [1.29, 1.82) is 5.26 Å². The number of benzene rings is 1. The van der Waals surface area contributed by atoms with E-state index in [1.807, 2.05) is 54.1 Å². The van der Waals surface area contributed by atoms with E-state index in [9.17, 15) is 10.1 Å². The van der Waals surface area contributed by atoms with Crippen LogP contribution in [-0.2, 0) is 9.53 Å². The lowest BCUT2D eigenvalue weighted by molar-refractivity contribution is -0.149. The lowest BCUT2D eigenvalue weighted by atomic mass is 9.72. The molecule has 1 saturated carbocycles. The molecule has 3 saturated heterocycles. The predicted molar refractivity (Wildman–Crippen MR) is 162 cm³/mol. The third kappa shape index (κ3) is 4.38. The molecular formula is C32H32FN7O2S. The molecule has 0 N–H and O–H groups in total. The third-order valence-electron chi connectivity index (χ3n) is 9.37. The number of carbonyl (C=O) groups excluding carboxylic acids is 1. The first-order valence-corrected chi connectivity index (χ1v) is 15.7. The summed E-state index contributed by atoms with van der Waals surface area (Å²) >= 11 is 1.36. The molecule has 3 aromatic heterocycles. The molecule has 0 radical (unpaired) electrons. The largest absolute Gasteiger partial charge is 0.381 e. The molecule has 43 heavy (non-hydrogen) atoms. The van der Waals surface area contributed by atoms with E-state index in [2.05, 4.69) is 11.0 Å². The fraction of sp³-hybridized carbons (Fsp3) is 0.438. The second-order valence-corrected chi connectivity index (χ2v) is 13.6. The average Bonchev–Trinajstić information content (AvgIpc) is 3.33. The van der Waals surface area contributed by atoms with E-state index in [-0.39, 0.29) is 23.1 Å². The number of hydrogen-bond acceptors (Lipinski definition) is 8. The molecule has 8 rings (SSSR count). The van der Waals surface area contributed by atoms with Gasteiger partial charge in [0, 0.05) is 56.7 Å². The highest BCUT2D eigenvalue weighted by Crippen LogP contribution is 2.49. The Morgan fingerprint density at radius 2 is 1.95 bits per heavy atom. The summed E-state index contributed by atoms with van der Waals surface area (Å²) in [4.78, 5) is 24.3. The van der Waals surface area contributed by atoms with Gasteiger partial charge in [0.25, 0.3) is 0 Å². The van der Waals surface area contributed by atoms with E-state index in [0.29, 0.717) is 40.5 Å². The fourth-order valence-corrected chi connectivity index (χ4v) is 7.70. The molecule has 6 heterocycles. The first-order valence-electron chi connectivity index (χ1n) is 14.9. The van der Waals surface area contributed by atoms with Gasteiger partial charge in [0.15, 0.2) is 10.9 Å². The number of ether oxygens (including phenoxy) is 1. The molecule has 1 amide bonds. The standard InChI is InChI=1S/C32H32FN7O2S/c1-19-3-5-20(6-4-19)27-26(12-34)43-31(35-27)37(2)29-25-11-24(23(33)13-40(25)36-28(29)21-7-8-21)38-15-32(16-38)17-39(18-32)30(41)22-9-10-42-14-22/h3-6,11,13,21-22H,7-10,14-18H2,1-2H3/t22-/m1/s1. The van der Waals surface area contributed by atoms with Gasteiger partial charge in [0.05, 0.1) is 41.3 Å². The Morgan fingerprint density at radius 1 is 1.19 bits per heavy atom. The first-order chi connectivity index (χ1) is 20.8. The molecule has 220 valence electrons. The van der Waals surface area contributed by atoms with Crippen LogP contribution in [0.15, 0.2) is 36.5 Å². The zero-order valence-corrected chi connectivity index (χ0v) is 25.0. The highest BCUT2D eigenvalue weighted by atomic mass is 32.1. The minimum Gasteiger partial charge on any atom is -0.381 e. The van der Waals surface area contributed by atoms with Gasteiger partial charge >= 0.3 is 0 Å². The summed E-state index contributed by atoms with van der Waals surface area (Å²) in [6, 6.07) is 12.3. The Kier molecular flexibility index (Phi) is 6.04. The summed E-state index contributed by atoms with van der Waals surface area (Å²) in [5.41, 5.74) is 5.98. The lowest BCUT2D eigenvalue weighted by Gasteiger charge is -2.61. The second-order valence-electron chi connectivity index (χ2n) is 12.7. The van der Waals surface area contributed by atoms with Gasteiger partial charge in [-0.15, -0.1) is 0 Å². The van der Waals surface area contributed by atoms with Gasteiger partial charge in [0.2, 0.25) is 5.91 Å². The van der Waals surface area contributed by atoms with Gasteiger partial charge in [-0.1, -0.05) is 41.2 Å². The monoisotopic (exact) mass is 597 g/mol. The number of amides is 1. The van der Waals surface area contributed by atoms with Crippen molar-refractivity contribution < 1.29 is 13.9 Å². The maximum absolute atomic E-state index is 15.5. The summed E-state index contributed by atoms with van der Waals surface area (Å²) in [5.74, 6) is 0.202. The molecular weight excluding hydrogens is 565 g/mol. The summed E-state index contributed by atoms with van der Waals surface area (Å²) in [5, 5.41) is 15.5. The molecule has 4 aromatic rings. The number of nitrogens with zero attached hydrogens (tertiary/aromatic N) is 7. The molecule has 4 aliphatic rings. The van der Waals surface area contributed by atoms with Crippen LogP contribution in [0, 0.1) is 35.4 Å². The highest BCUT2D eigenvalue weighted by Gasteiger charge is 2.54. The molecule has 9 nitrogen and oxygen atoms in total. The van der Waals surface area contributed by atoms with Gasteiger partial charge in [-0.2, -0.15) is 10.4 Å². The van der Waals surface area contributed by atoms with E-state index in [1.165, 1.54) is 17.5 Å². The normalized spacial score (nSPS) is 20.7. The lowest BCUT2D eigenvalue weighted by Crippen LogP contribution is -2.73. The Morgan fingerprint density at radius 3 is 2.63 bits per heavy atom. The molecule has 1 atom stereocenters. The molecule has 1 aromatic carbocycles. The zero-order valence-electron chi connectivity index (χ0n) is 24.2. The summed E-state index contributed by atoms with van der Waals surface area (Å²) < 4.78 is 22.6. The number of anilines is 3. The van der Waals surface area contributed by atoms with Crippen molar-refractivity contribution in [3.05, 3.63) is 58.5 Å². The van der Waals surface area contributed by atoms with Gasteiger partial charge in [-0.3, -0.25) is 4.79 Å². The van der Waals surface area contributed by atoms with Crippen LogP contribution in [0.4, 0.5) is 20.9 Å². The van der Waals surface area contributed by atoms with Gasteiger partial charge < -0.3 is 19.4 Å². The van der Waals surface area contributed by atoms with Crippen LogP contribution in [0.25, 0.3) is 16.8 Å². The molecule has 3 aliphatic heterocycles. The fourth-order valence-electron chi connectivity index (χ4n) is 6.85. The van der Waals surface area contributed by atoms with E-state index >= 15 is 4.39 Å². The van der Waals surface area contributed by atoms with Crippen LogP contribution >= 0.6 is 11.3 Å². The predicted octanol–water partition coefficient (Wildman–Crippen LogP) is 5.11. The topological polar surface area (TPSA) is 90.0 Å². The van der Waals surface area contributed by atoms with Crippen LogP contribution < -0.4 is 9.80 Å². The number of likely N-dealkylation sites (tertiary alicyclic amines) is 1. The summed E-state index contributed by atoms with van der Waals surface area (Å²) in [6.07, 6.45) is 4.38. The second kappa shape index (κ2) is 9.76. The molecule has 1 aliphatic carbocycles. The number of rotatable bonds is 6. The van der Waals surface area contributed by atoms with E-state index in [4.69, 9.17) is 14.8 Å². The summed E-state index contributed by atoms with van der Waals surface area (Å²) in [7, 11) is 1.96. The minimum atomic E-state index is -0.306. The minimum absolute atomic E-state index is 0.0126. The summed E-state index contributed by atoms with van der Waals surface area (Å²) in [6.45, 7) is 6.11. The van der Waals surface area contributed by atoms with E-state index < -0.39 is 0 Å². The van der Waals surface area contributed by atoms with Crippen molar-refractivity contribution in [2.45, 2.75) is 32.1 Å². The van der Waals surface area contributed by atoms with Crippen molar-refractivity contribution in [1.82, 2.24) is 19.5 Å². The number of thiazole rings is 1. The number of carbonyl (C=O) groups is 1. The number of aryl methyl sites for hydroxylation is 1. The van der Waals surface area contributed by atoms with Crippen molar-refractivity contribution >= 4 is 39.3 Å². The van der Waals surface area contributed by atoms with Crippen LogP contribution in [0.5, 0.6) is 0 Å². The van der Waals surface area contributed by atoms with Crippen LogP contribution in [0.3, 0.4) is 0 Å². The average molecular weight is 598 g/mol. The molecule has 1 spiro atoms. The number of pyridine rings is 1. The highest BCUT2D eigenvalue weighted by molar-refractivity contribution is 7.16. The Hall–Kier alpha value is -4.01. The van der Waals surface area contributed by atoms with Crippen molar-refractivity contribution in [2.24, 2.45) is 11.3 Å². The van der Waals surface area contributed by atoms with Crippen LogP contribution in [0.1, 0.15) is 41.3 Å². The first kappa shape index (κ1) is 26.6. The molecule has 0 unspecified atom stereocenters. The third-order valence-corrected chi connectivity index (χ3v) is 10.4. The van der Waals surface area contributed by atoms with Crippen LogP contribution in [0.2, 0.25) is 0 Å². The zero-order chi connectivity index (χ0) is 29.5. The molecule has 4 fully saturated rings. The SMILES string of the molecule is Cc1ccc(-c2nc(N(C)c3c(C4CC4)nn4cc(F)c(N5CC6(CN(C(=O)[C@@H]7CCOC7)C6)C5)cc34)sc2C#N)cc1. The Balaban J connectivity index is 1.08.